The Bertz CT molecular complexity index is 859. The zero-order valence-corrected chi connectivity index (χ0v) is 19.5. The quantitative estimate of drug-likeness (QED) is 0.777. The molecule has 0 aromatic heterocycles. The molecule has 2 amide bonds. The molecule has 8 nitrogen and oxygen atoms in total. The Morgan fingerprint density at radius 1 is 0.967 bits per heavy atom. The van der Waals surface area contributed by atoms with Crippen LogP contribution in [0.15, 0.2) is 29.2 Å². The number of sulfonamides is 1. The predicted molar refractivity (Wildman–Crippen MR) is 115 cm³/mol. The summed E-state index contributed by atoms with van der Waals surface area (Å²) >= 11 is 0. The molecule has 0 atom stereocenters. The van der Waals surface area contributed by atoms with Crippen LogP contribution in [0.25, 0.3) is 0 Å². The Labute approximate surface area is 179 Å². The second-order valence-electron chi connectivity index (χ2n) is 9.41. The number of amides is 2. The SMILES string of the molecule is CC(C)(C)OC(=O)NCC(=O)N1CCN(S(=O)(=O)c2ccc(C(C)(C)C)cc2)CC1. The van der Waals surface area contributed by atoms with Crippen molar-refractivity contribution in [3.8, 4) is 0 Å². The van der Waals surface area contributed by atoms with Gasteiger partial charge in [-0.1, -0.05) is 32.9 Å². The molecule has 0 radical (unpaired) electrons. The summed E-state index contributed by atoms with van der Waals surface area (Å²) < 4.78 is 32.3. The first-order valence-corrected chi connectivity index (χ1v) is 11.5. The lowest BCUT2D eigenvalue weighted by Crippen LogP contribution is -2.52. The van der Waals surface area contributed by atoms with E-state index in [0.29, 0.717) is 0 Å². The maximum atomic E-state index is 12.9. The fourth-order valence-corrected chi connectivity index (χ4v) is 4.45. The summed E-state index contributed by atoms with van der Waals surface area (Å²) in [4.78, 5) is 25.8. The zero-order chi connectivity index (χ0) is 22.7. The lowest BCUT2D eigenvalue weighted by molar-refractivity contribution is -0.131. The molecule has 1 saturated heterocycles. The second kappa shape index (κ2) is 8.93. The second-order valence-corrected chi connectivity index (χ2v) is 11.4. The van der Waals surface area contributed by atoms with E-state index >= 15 is 0 Å². The van der Waals surface area contributed by atoms with E-state index in [9.17, 15) is 18.0 Å². The van der Waals surface area contributed by atoms with Crippen molar-refractivity contribution in [2.45, 2.75) is 57.5 Å². The molecule has 9 heteroatoms. The zero-order valence-electron chi connectivity index (χ0n) is 18.7. The molecule has 2 rings (SSSR count). The van der Waals surface area contributed by atoms with E-state index in [0.717, 1.165) is 5.56 Å². The molecule has 0 saturated carbocycles. The van der Waals surface area contributed by atoms with Gasteiger partial charge in [-0.05, 0) is 43.9 Å². The minimum Gasteiger partial charge on any atom is -0.444 e. The van der Waals surface area contributed by atoms with Gasteiger partial charge in [0.25, 0.3) is 0 Å². The number of nitrogens with zero attached hydrogens (tertiary/aromatic N) is 2. The van der Waals surface area contributed by atoms with Crippen molar-refractivity contribution >= 4 is 22.0 Å². The van der Waals surface area contributed by atoms with Gasteiger partial charge in [-0.15, -0.1) is 0 Å². The number of hydrogen-bond donors (Lipinski definition) is 1. The van der Waals surface area contributed by atoms with Gasteiger partial charge in [0, 0.05) is 26.2 Å². The lowest BCUT2D eigenvalue weighted by atomic mass is 9.87. The van der Waals surface area contributed by atoms with E-state index in [4.69, 9.17) is 4.74 Å². The Balaban J connectivity index is 1.91. The monoisotopic (exact) mass is 439 g/mol. The number of rotatable bonds is 4. The molecule has 1 N–H and O–H groups in total. The topological polar surface area (TPSA) is 96.0 Å². The van der Waals surface area contributed by atoms with Gasteiger partial charge in [-0.2, -0.15) is 4.31 Å². The van der Waals surface area contributed by atoms with E-state index in [-0.39, 0.29) is 48.9 Å². The van der Waals surface area contributed by atoms with E-state index in [1.807, 2.05) is 12.1 Å². The predicted octanol–water partition coefficient (Wildman–Crippen LogP) is 2.34. The van der Waals surface area contributed by atoms with Gasteiger partial charge in [0.2, 0.25) is 15.9 Å². The van der Waals surface area contributed by atoms with Crippen LogP contribution < -0.4 is 5.32 Å². The van der Waals surface area contributed by atoms with Crippen molar-refractivity contribution in [3.63, 3.8) is 0 Å². The first-order chi connectivity index (χ1) is 13.7. The normalized spacial score (nSPS) is 16.3. The van der Waals surface area contributed by atoms with Gasteiger partial charge in [-0.3, -0.25) is 4.79 Å². The molecule has 1 heterocycles. The first kappa shape index (κ1) is 24.1. The molecule has 1 aromatic rings. The maximum Gasteiger partial charge on any atom is 0.408 e. The van der Waals surface area contributed by atoms with Crippen molar-refractivity contribution in [3.05, 3.63) is 29.8 Å². The van der Waals surface area contributed by atoms with E-state index in [1.54, 1.807) is 37.8 Å². The molecule has 0 bridgehead atoms. The number of carbonyl (C=O) groups excluding carboxylic acids is 2. The Morgan fingerprint density at radius 2 is 1.50 bits per heavy atom. The van der Waals surface area contributed by atoms with Crippen molar-refractivity contribution in [2.24, 2.45) is 0 Å². The summed E-state index contributed by atoms with van der Waals surface area (Å²) in [6, 6.07) is 6.96. The molecule has 1 aromatic carbocycles. The highest BCUT2D eigenvalue weighted by Gasteiger charge is 2.30. The molecular formula is C21H33N3O5S. The van der Waals surface area contributed by atoms with Gasteiger partial charge in [0.1, 0.15) is 12.1 Å². The summed E-state index contributed by atoms with van der Waals surface area (Å²) in [6.45, 7) is 12.2. The summed E-state index contributed by atoms with van der Waals surface area (Å²) in [5.41, 5.74) is 0.370. The molecular weight excluding hydrogens is 406 g/mol. The average molecular weight is 440 g/mol. The highest BCUT2D eigenvalue weighted by molar-refractivity contribution is 7.89. The van der Waals surface area contributed by atoms with Crippen LogP contribution in [0.1, 0.15) is 47.1 Å². The molecule has 0 spiro atoms. The van der Waals surface area contributed by atoms with E-state index < -0.39 is 21.7 Å². The molecule has 0 unspecified atom stereocenters. The summed E-state index contributed by atoms with van der Waals surface area (Å²) in [5, 5.41) is 2.44. The molecule has 1 aliphatic heterocycles. The van der Waals surface area contributed by atoms with E-state index in [2.05, 4.69) is 26.1 Å². The molecule has 1 aliphatic rings. The van der Waals surface area contributed by atoms with Crippen molar-refractivity contribution < 1.29 is 22.7 Å². The van der Waals surface area contributed by atoms with Gasteiger partial charge < -0.3 is 15.0 Å². The Kier molecular flexibility index (Phi) is 7.19. The largest absolute Gasteiger partial charge is 0.444 e. The number of piperazine rings is 1. The van der Waals surface area contributed by atoms with Crippen molar-refractivity contribution in [2.75, 3.05) is 32.7 Å². The Morgan fingerprint density at radius 3 is 1.97 bits per heavy atom. The van der Waals surface area contributed by atoms with Crippen LogP contribution >= 0.6 is 0 Å². The van der Waals surface area contributed by atoms with Crippen LogP contribution in [-0.4, -0.2) is 67.9 Å². The minimum absolute atomic E-state index is 0.0539. The summed E-state index contributed by atoms with van der Waals surface area (Å²) in [6.07, 6.45) is -0.657. The smallest absolute Gasteiger partial charge is 0.408 e. The van der Waals surface area contributed by atoms with Gasteiger partial charge >= 0.3 is 6.09 Å². The first-order valence-electron chi connectivity index (χ1n) is 10.1. The lowest BCUT2D eigenvalue weighted by Gasteiger charge is -2.34. The standard InChI is InChI=1S/C21H33N3O5S/c1-20(2,3)16-7-9-17(10-8-16)30(27,28)24-13-11-23(12-14-24)18(25)15-22-19(26)29-21(4,5)6/h7-10H,11-15H2,1-6H3,(H,22,26). The fraction of sp³-hybridized carbons (Fsp3) is 0.619. The molecule has 1 fully saturated rings. The fourth-order valence-electron chi connectivity index (χ4n) is 3.03. The van der Waals surface area contributed by atoms with Crippen LogP contribution in [0, 0.1) is 0 Å². The number of ether oxygens (including phenoxy) is 1. The third kappa shape index (κ3) is 6.43. The molecule has 0 aliphatic carbocycles. The van der Waals surface area contributed by atoms with Crippen LogP contribution in [-0.2, 0) is 25.0 Å². The highest BCUT2D eigenvalue weighted by Crippen LogP contribution is 2.25. The number of alkyl carbamates (subject to hydrolysis) is 1. The number of hydrogen-bond acceptors (Lipinski definition) is 5. The highest BCUT2D eigenvalue weighted by atomic mass is 32.2. The van der Waals surface area contributed by atoms with Crippen LogP contribution in [0.2, 0.25) is 0 Å². The number of carbonyl (C=O) groups is 2. The third-order valence-corrected chi connectivity index (χ3v) is 6.65. The summed E-state index contributed by atoms with van der Waals surface area (Å²) in [7, 11) is -3.61. The van der Waals surface area contributed by atoms with Crippen molar-refractivity contribution in [1.29, 1.82) is 0 Å². The molecule has 168 valence electrons. The van der Waals surface area contributed by atoms with Crippen LogP contribution in [0.4, 0.5) is 4.79 Å². The molecule has 30 heavy (non-hydrogen) atoms. The average Bonchev–Trinajstić information content (AvgIpc) is 2.64. The number of benzene rings is 1. The van der Waals surface area contributed by atoms with Crippen LogP contribution in [0.3, 0.4) is 0 Å². The maximum absolute atomic E-state index is 12.9. The Hall–Kier alpha value is -2.13. The third-order valence-electron chi connectivity index (χ3n) is 4.73. The van der Waals surface area contributed by atoms with E-state index in [1.165, 1.54) is 4.31 Å². The van der Waals surface area contributed by atoms with Gasteiger partial charge in [-0.25, -0.2) is 13.2 Å². The van der Waals surface area contributed by atoms with Gasteiger partial charge in [0.05, 0.1) is 4.90 Å². The van der Waals surface area contributed by atoms with Crippen molar-refractivity contribution in [1.82, 2.24) is 14.5 Å². The van der Waals surface area contributed by atoms with Crippen LogP contribution in [0.5, 0.6) is 0 Å². The summed E-state index contributed by atoms with van der Waals surface area (Å²) in [5.74, 6) is -0.271. The minimum atomic E-state index is -3.61. The van der Waals surface area contributed by atoms with Gasteiger partial charge in [0.15, 0.2) is 0 Å². The number of nitrogens with one attached hydrogen (secondary N) is 1.